The van der Waals surface area contributed by atoms with Gasteiger partial charge in [0, 0.05) is 38.4 Å². The number of nitrogens with zero attached hydrogens (tertiary/aromatic N) is 1. The van der Waals surface area contributed by atoms with Gasteiger partial charge in [-0.2, -0.15) is 0 Å². The Hall–Kier alpha value is -1.05. The average molecular weight is 319 g/mol. The number of halogens is 2. The third kappa shape index (κ3) is 4.46. The lowest BCUT2D eigenvalue weighted by molar-refractivity contribution is 0.0721. The Morgan fingerprint density at radius 2 is 1.95 bits per heavy atom. The summed E-state index contributed by atoms with van der Waals surface area (Å²) < 4.78 is 57.3. The molecule has 0 radical (unpaired) electrons. The SMILES string of the molecule is CN(Cc1ccc(F)cc1F)S(=O)(=O)CC1CCOCC1. The molecular weight excluding hydrogens is 300 g/mol. The summed E-state index contributed by atoms with van der Waals surface area (Å²) in [4.78, 5) is 0. The Balaban J connectivity index is 2.02. The van der Waals surface area contributed by atoms with Gasteiger partial charge >= 0.3 is 0 Å². The molecule has 1 aromatic rings. The zero-order valence-electron chi connectivity index (χ0n) is 11.9. The van der Waals surface area contributed by atoms with Crippen LogP contribution in [0.5, 0.6) is 0 Å². The fraction of sp³-hybridized carbons (Fsp3) is 0.571. The average Bonchev–Trinajstić information content (AvgIpc) is 2.42. The molecule has 7 heteroatoms. The summed E-state index contributed by atoms with van der Waals surface area (Å²) in [7, 11) is -2.05. The van der Waals surface area contributed by atoms with Gasteiger partial charge in [0.2, 0.25) is 10.0 Å². The van der Waals surface area contributed by atoms with Gasteiger partial charge in [0.25, 0.3) is 0 Å². The van der Waals surface area contributed by atoms with Crippen molar-refractivity contribution in [1.29, 1.82) is 0 Å². The summed E-state index contributed by atoms with van der Waals surface area (Å²) in [5, 5.41) is 0. The van der Waals surface area contributed by atoms with E-state index in [4.69, 9.17) is 4.74 Å². The van der Waals surface area contributed by atoms with Crippen LogP contribution in [0, 0.1) is 17.6 Å². The van der Waals surface area contributed by atoms with E-state index in [0.717, 1.165) is 29.3 Å². The first-order chi connectivity index (χ1) is 9.88. The maximum atomic E-state index is 13.6. The van der Waals surface area contributed by atoms with E-state index in [1.54, 1.807) is 0 Å². The molecule has 118 valence electrons. The Kier molecular flexibility index (Phi) is 5.29. The molecule has 21 heavy (non-hydrogen) atoms. The second kappa shape index (κ2) is 6.81. The van der Waals surface area contributed by atoms with Crippen LogP contribution >= 0.6 is 0 Å². The zero-order chi connectivity index (χ0) is 15.5. The largest absolute Gasteiger partial charge is 0.381 e. The minimum absolute atomic E-state index is 0.0374. The summed E-state index contributed by atoms with van der Waals surface area (Å²) in [5.74, 6) is -1.30. The summed E-state index contributed by atoms with van der Waals surface area (Å²) in [6, 6.07) is 3.15. The second-order valence-electron chi connectivity index (χ2n) is 5.33. The number of hydrogen-bond acceptors (Lipinski definition) is 3. The molecule has 0 bridgehead atoms. The third-order valence-electron chi connectivity index (χ3n) is 3.67. The minimum Gasteiger partial charge on any atom is -0.381 e. The van der Waals surface area contributed by atoms with E-state index in [1.165, 1.54) is 13.1 Å². The van der Waals surface area contributed by atoms with Crippen LogP contribution in [0.3, 0.4) is 0 Å². The Labute approximate surface area is 123 Å². The highest BCUT2D eigenvalue weighted by molar-refractivity contribution is 7.89. The highest BCUT2D eigenvalue weighted by Crippen LogP contribution is 2.20. The quantitative estimate of drug-likeness (QED) is 0.835. The van der Waals surface area contributed by atoms with E-state index in [9.17, 15) is 17.2 Å². The van der Waals surface area contributed by atoms with Crippen molar-refractivity contribution in [3.05, 3.63) is 35.4 Å². The number of benzene rings is 1. The zero-order valence-corrected chi connectivity index (χ0v) is 12.7. The van der Waals surface area contributed by atoms with Gasteiger partial charge in [-0.05, 0) is 24.8 Å². The monoisotopic (exact) mass is 319 g/mol. The molecule has 1 heterocycles. The second-order valence-corrected chi connectivity index (χ2v) is 7.45. The van der Waals surface area contributed by atoms with Gasteiger partial charge in [-0.3, -0.25) is 0 Å². The topological polar surface area (TPSA) is 46.6 Å². The molecule has 1 aliphatic rings. The molecule has 0 unspecified atom stereocenters. The van der Waals surface area contributed by atoms with Crippen LogP contribution in [-0.4, -0.2) is 38.7 Å². The normalized spacial score (nSPS) is 17.3. The lowest BCUT2D eigenvalue weighted by atomic mass is 10.0. The van der Waals surface area contributed by atoms with Crippen LogP contribution in [0.4, 0.5) is 8.78 Å². The van der Waals surface area contributed by atoms with Gasteiger partial charge in [0.05, 0.1) is 5.75 Å². The summed E-state index contributed by atoms with van der Waals surface area (Å²) >= 11 is 0. The molecule has 4 nitrogen and oxygen atoms in total. The van der Waals surface area contributed by atoms with Gasteiger partial charge in [-0.15, -0.1) is 0 Å². The first kappa shape index (κ1) is 16.3. The first-order valence-corrected chi connectivity index (χ1v) is 8.45. The lowest BCUT2D eigenvalue weighted by Crippen LogP contribution is -2.33. The van der Waals surface area contributed by atoms with Crippen molar-refractivity contribution >= 4 is 10.0 Å². The maximum Gasteiger partial charge on any atom is 0.214 e. The van der Waals surface area contributed by atoms with E-state index in [2.05, 4.69) is 0 Å². The van der Waals surface area contributed by atoms with Crippen molar-refractivity contribution in [3.8, 4) is 0 Å². The van der Waals surface area contributed by atoms with E-state index in [1.807, 2.05) is 0 Å². The van der Waals surface area contributed by atoms with Crippen LogP contribution in [0.25, 0.3) is 0 Å². The van der Waals surface area contributed by atoms with Crippen molar-refractivity contribution in [2.75, 3.05) is 26.0 Å². The Morgan fingerprint density at radius 3 is 2.57 bits per heavy atom. The maximum absolute atomic E-state index is 13.6. The highest BCUT2D eigenvalue weighted by atomic mass is 32.2. The standard InChI is InChI=1S/C14H19F2NO3S/c1-17(9-12-2-3-13(15)8-14(12)16)21(18,19)10-11-4-6-20-7-5-11/h2-3,8,11H,4-7,9-10H2,1H3. The molecule has 0 amide bonds. The predicted molar refractivity (Wildman–Crippen MR) is 75.2 cm³/mol. The van der Waals surface area contributed by atoms with Crippen molar-refractivity contribution in [3.63, 3.8) is 0 Å². The third-order valence-corrected chi connectivity index (χ3v) is 5.64. The molecule has 1 fully saturated rings. The van der Waals surface area contributed by atoms with Gasteiger partial charge < -0.3 is 4.74 Å². The van der Waals surface area contributed by atoms with E-state index >= 15 is 0 Å². The van der Waals surface area contributed by atoms with Crippen LogP contribution < -0.4 is 0 Å². The Morgan fingerprint density at radius 1 is 1.29 bits per heavy atom. The number of sulfonamides is 1. The molecule has 0 N–H and O–H groups in total. The molecule has 1 aliphatic heterocycles. The molecule has 0 aliphatic carbocycles. The number of hydrogen-bond donors (Lipinski definition) is 0. The summed E-state index contributed by atoms with van der Waals surface area (Å²) in [5.41, 5.74) is 0.162. The summed E-state index contributed by atoms with van der Waals surface area (Å²) in [6.07, 6.45) is 1.44. The molecule has 0 saturated carbocycles. The van der Waals surface area contributed by atoms with Crippen LogP contribution in [0.15, 0.2) is 18.2 Å². The lowest BCUT2D eigenvalue weighted by Gasteiger charge is -2.25. The number of ether oxygens (including phenoxy) is 1. The smallest absolute Gasteiger partial charge is 0.214 e. The van der Waals surface area contributed by atoms with Crippen LogP contribution in [-0.2, 0) is 21.3 Å². The van der Waals surface area contributed by atoms with Crippen LogP contribution in [0.2, 0.25) is 0 Å². The fourth-order valence-corrected chi connectivity index (χ4v) is 3.85. The molecule has 2 rings (SSSR count). The van der Waals surface area contributed by atoms with Gasteiger partial charge in [-0.25, -0.2) is 21.5 Å². The fourth-order valence-electron chi connectivity index (χ4n) is 2.33. The molecule has 1 aromatic carbocycles. The molecule has 0 atom stereocenters. The molecule has 0 spiro atoms. The van der Waals surface area contributed by atoms with E-state index < -0.39 is 21.7 Å². The number of rotatable bonds is 5. The van der Waals surface area contributed by atoms with Gasteiger partial charge in [0.1, 0.15) is 11.6 Å². The predicted octanol–water partition coefficient (Wildman–Crippen LogP) is 2.15. The van der Waals surface area contributed by atoms with Crippen molar-refractivity contribution in [2.45, 2.75) is 19.4 Å². The Bertz CT molecular complexity index is 586. The molecular formula is C14H19F2NO3S. The van der Waals surface area contributed by atoms with Crippen molar-refractivity contribution in [1.82, 2.24) is 4.31 Å². The van der Waals surface area contributed by atoms with Gasteiger partial charge in [0.15, 0.2) is 0 Å². The van der Waals surface area contributed by atoms with Gasteiger partial charge in [-0.1, -0.05) is 6.07 Å². The molecule has 0 aromatic heterocycles. The summed E-state index contributed by atoms with van der Waals surface area (Å²) in [6.45, 7) is 1.06. The highest BCUT2D eigenvalue weighted by Gasteiger charge is 2.25. The van der Waals surface area contributed by atoms with E-state index in [0.29, 0.717) is 13.2 Å². The van der Waals surface area contributed by atoms with E-state index in [-0.39, 0.29) is 23.8 Å². The first-order valence-electron chi connectivity index (χ1n) is 6.84. The minimum atomic E-state index is -3.47. The van der Waals surface area contributed by atoms with Crippen molar-refractivity contribution < 1.29 is 21.9 Å². The molecule has 1 saturated heterocycles. The van der Waals surface area contributed by atoms with Crippen LogP contribution in [0.1, 0.15) is 18.4 Å². The van der Waals surface area contributed by atoms with Crippen molar-refractivity contribution in [2.24, 2.45) is 5.92 Å².